The molecule has 1 aliphatic heterocycles. The predicted molar refractivity (Wildman–Crippen MR) is 48.4 cm³/mol. The predicted octanol–water partition coefficient (Wildman–Crippen LogP) is 1.38. The zero-order chi connectivity index (χ0) is 8.39. The normalized spacial score (nSPS) is 26.8. The minimum atomic E-state index is 0.644. The summed E-state index contributed by atoms with van der Waals surface area (Å²) in [5.74, 6) is 0.970. The number of likely N-dealkylation sites (N-methyl/N-ethyl adjacent to an activating group) is 1. The van der Waals surface area contributed by atoms with Crippen molar-refractivity contribution in [1.29, 1.82) is 0 Å². The quantitative estimate of drug-likeness (QED) is 0.624. The number of hydrogen-bond acceptors (Lipinski definition) is 2. The van der Waals surface area contributed by atoms with Crippen molar-refractivity contribution in [3.8, 4) is 5.75 Å². The molecule has 2 unspecified atom stereocenters. The van der Waals surface area contributed by atoms with Crippen LogP contribution < -0.4 is 4.74 Å². The third-order valence-corrected chi connectivity index (χ3v) is 2.17. The van der Waals surface area contributed by atoms with Crippen LogP contribution in [0.15, 0.2) is 30.3 Å². The maximum atomic E-state index is 5.56. The Morgan fingerprint density at radius 3 is 2.67 bits per heavy atom. The van der Waals surface area contributed by atoms with Crippen LogP contribution >= 0.6 is 0 Å². The van der Waals surface area contributed by atoms with Crippen LogP contribution in [0.25, 0.3) is 0 Å². The van der Waals surface area contributed by atoms with Gasteiger partial charge in [-0.3, -0.25) is 4.90 Å². The lowest BCUT2D eigenvalue weighted by Crippen LogP contribution is -2.07. The number of rotatable bonds is 3. The minimum Gasteiger partial charge on any atom is -0.492 e. The molecule has 12 heavy (non-hydrogen) atoms. The van der Waals surface area contributed by atoms with Gasteiger partial charge in [0, 0.05) is 6.54 Å². The largest absolute Gasteiger partial charge is 0.492 e. The Morgan fingerprint density at radius 2 is 2.08 bits per heavy atom. The number of para-hydroxylation sites is 1. The summed E-state index contributed by atoms with van der Waals surface area (Å²) in [7, 11) is 2.11. The van der Waals surface area contributed by atoms with Crippen molar-refractivity contribution in [3.05, 3.63) is 30.3 Å². The van der Waals surface area contributed by atoms with E-state index >= 15 is 0 Å². The number of nitrogens with zero attached hydrogens (tertiary/aromatic N) is 1. The molecular formula is C10H13NO. The first kappa shape index (κ1) is 7.62. The van der Waals surface area contributed by atoms with Crippen molar-refractivity contribution in [2.24, 2.45) is 0 Å². The third-order valence-electron chi connectivity index (χ3n) is 2.17. The van der Waals surface area contributed by atoms with Gasteiger partial charge in [-0.2, -0.15) is 0 Å². The van der Waals surface area contributed by atoms with E-state index in [9.17, 15) is 0 Å². The molecule has 2 heteroatoms. The van der Waals surface area contributed by atoms with Crippen LogP contribution in [0.5, 0.6) is 5.75 Å². The van der Waals surface area contributed by atoms with Crippen LogP contribution in [0, 0.1) is 0 Å². The molecule has 0 aliphatic carbocycles. The van der Waals surface area contributed by atoms with Crippen molar-refractivity contribution in [3.63, 3.8) is 0 Å². The Bertz CT molecular complexity index is 247. The van der Waals surface area contributed by atoms with Crippen molar-refractivity contribution < 1.29 is 4.74 Å². The number of benzene rings is 1. The van der Waals surface area contributed by atoms with Gasteiger partial charge in [-0.05, 0) is 19.2 Å². The van der Waals surface area contributed by atoms with Crippen LogP contribution in [0.4, 0.5) is 0 Å². The van der Waals surface area contributed by atoms with Gasteiger partial charge in [0.1, 0.15) is 12.4 Å². The maximum Gasteiger partial charge on any atom is 0.119 e. The fourth-order valence-electron chi connectivity index (χ4n) is 1.17. The molecule has 1 aromatic carbocycles. The Hall–Kier alpha value is -1.02. The summed E-state index contributed by atoms with van der Waals surface area (Å²) in [4.78, 5) is 2.27. The van der Waals surface area contributed by atoms with E-state index in [0.717, 1.165) is 12.4 Å². The summed E-state index contributed by atoms with van der Waals surface area (Å²) < 4.78 is 5.56. The minimum absolute atomic E-state index is 0.644. The van der Waals surface area contributed by atoms with Gasteiger partial charge in [-0.25, -0.2) is 0 Å². The number of hydrogen-bond donors (Lipinski definition) is 0. The molecule has 1 fully saturated rings. The highest BCUT2D eigenvalue weighted by Gasteiger charge is 2.29. The Labute approximate surface area is 72.8 Å². The van der Waals surface area contributed by atoms with E-state index in [1.165, 1.54) is 6.54 Å². The van der Waals surface area contributed by atoms with E-state index in [-0.39, 0.29) is 0 Å². The fraction of sp³-hybridized carbons (Fsp3) is 0.400. The molecule has 0 saturated carbocycles. The first-order chi connectivity index (χ1) is 5.86. The van der Waals surface area contributed by atoms with Crippen LogP contribution in [0.3, 0.4) is 0 Å². The SMILES string of the molecule is CN1CC1COc1ccccc1. The van der Waals surface area contributed by atoms with Gasteiger partial charge in [0.05, 0.1) is 6.04 Å². The van der Waals surface area contributed by atoms with Crippen molar-refractivity contribution in [2.45, 2.75) is 6.04 Å². The Kier molecular flexibility index (Phi) is 2.00. The molecule has 1 heterocycles. The molecule has 0 radical (unpaired) electrons. The van der Waals surface area contributed by atoms with E-state index in [4.69, 9.17) is 4.74 Å². The van der Waals surface area contributed by atoms with Crippen LogP contribution in [-0.4, -0.2) is 31.1 Å². The van der Waals surface area contributed by atoms with Crippen molar-refractivity contribution in [1.82, 2.24) is 4.90 Å². The molecule has 1 aromatic rings. The van der Waals surface area contributed by atoms with Gasteiger partial charge < -0.3 is 4.74 Å². The lowest BCUT2D eigenvalue weighted by molar-refractivity contribution is 0.302. The van der Waals surface area contributed by atoms with Gasteiger partial charge in [0.2, 0.25) is 0 Å². The molecule has 64 valence electrons. The van der Waals surface area contributed by atoms with Crippen molar-refractivity contribution in [2.75, 3.05) is 20.2 Å². The van der Waals surface area contributed by atoms with E-state index in [2.05, 4.69) is 11.9 Å². The van der Waals surface area contributed by atoms with Gasteiger partial charge in [0.15, 0.2) is 0 Å². The Balaban J connectivity index is 1.80. The topological polar surface area (TPSA) is 12.2 Å². The second-order valence-corrected chi connectivity index (χ2v) is 3.22. The van der Waals surface area contributed by atoms with Crippen LogP contribution in [0.1, 0.15) is 0 Å². The fourth-order valence-corrected chi connectivity index (χ4v) is 1.17. The lowest BCUT2D eigenvalue weighted by Gasteiger charge is -2.03. The Morgan fingerprint density at radius 1 is 1.42 bits per heavy atom. The van der Waals surface area contributed by atoms with Gasteiger partial charge in [-0.1, -0.05) is 18.2 Å². The average molecular weight is 163 g/mol. The van der Waals surface area contributed by atoms with Gasteiger partial charge in [-0.15, -0.1) is 0 Å². The lowest BCUT2D eigenvalue weighted by atomic mass is 10.3. The van der Waals surface area contributed by atoms with Gasteiger partial charge >= 0.3 is 0 Å². The molecule has 0 spiro atoms. The molecule has 0 amide bonds. The molecule has 1 aliphatic rings. The first-order valence-electron chi connectivity index (χ1n) is 4.24. The highest BCUT2D eigenvalue weighted by atomic mass is 16.5. The smallest absolute Gasteiger partial charge is 0.119 e. The summed E-state index contributed by atoms with van der Waals surface area (Å²) in [6, 6.07) is 10.6. The summed E-state index contributed by atoms with van der Waals surface area (Å²) in [6.07, 6.45) is 0. The monoisotopic (exact) mass is 163 g/mol. The molecule has 2 nitrogen and oxygen atoms in total. The van der Waals surface area contributed by atoms with E-state index in [1.54, 1.807) is 0 Å². The standard InChI is InChI=1S/C10H13NO/c1-11-7-9(11)8-12-10-5-3-2-4-6-10/h2-6,9H,7-8H2,1H3. The average Bonchev–Trinajstić information content (AvgIpc) is 2.81. The molecule has 0 bridgehead atoms. The highest BCUT2D eigenvalue weighted by molar-refractivity contribution is 5.21. The van der Waals surface area contributed by atoms with Crippen LogP contribution in [-0.2, 0) is 0 Å². The molecule has 0 aromatic heterocycles. The van der Waals surface area contributed by atoms with E-state index in [1.807, 2.05) is 30.3 Å². The molecule has 2 atom stereocenters. The van der Waals surface area contributed by atoms with E-state index < -0.39 is 0 Å². The van der Waals surface area contributed by atoms with Crippen LogP contribution in [0.2, 0.25) is 0 Å². The first-order valence-corrected chi connectivity index (χ1v) is 4.24. The molecule has 0 N–H and O–H groups in total. The summed E-state index contributed by atoms with van der Waals surface area (Å²) in [5, 5.41) is 0. The zero-order valence-corrected chi connectivity index (χ0v) is 7.23. The molecule has 1 saturated heterocycles. The molecule has 2 rings (SSSR count). The maximum absolute atomic E-state index is 5.56. The summed E-state index contributed by atoms with van der Waals surface area (Å²) >= 11 is 0. The number of ether oxygens (including phenoxy) is 1. The second-order valence-electron chi connectivity index (χ2n) is 3.22. The summed E-state index contributed by atoms with van der Waals surface area (Å²) in [5.41, 5.74) is 0. The van der Waals surface area contributed by atoms with Gasteiger partial charge in [0.25, 0.3) is 0 Å². The highest BCUT2D eigenvalue weighted by Crippen LogP contribution is 2.16. The third kappa shape index (κ3) is 1.77. The second kappa shape index (κ2) is 3.15. The zero-order valence-electron chi connectivity index (χ0n) is 7.23. The summed E-state index contributed by atoms with van der Waals surface area (Å²) in [6.45, 7) is 1.99. The van der Waals surface area contributed by atoms with Crippen molar-refractivity contribution >= 4 is 0 Å². The molecular weight excluding hydrogens is 150 g/mol. The van der Waals surface area contributed by atoms with E-state index in [0.29, 0.717) is 6.04 Å².